The predicted octanol–water partition coefficient (Wildman–Crippen LogP) is 4.93. The summed E-state index contributed by atoms with van der Waals surface area (Å²) < 4.78 is 13.7. The molecule has 7 nitrogen and oxygen atoms in total. The van der Waals surface area contributed by atoms with Crippen molar-refractivity contribution in [2.75, 3.05) is 6.61 Å². The van der Waals surface area contributed by atoms with Crippen LogP contribution in [0.2, 0.25) is 0 Å². The number of halogens is 2. The minimum Gasteiger partial charge on any atom is -0.478 e. The van der Waals surface area contributed by atoms with Crippen molar-refractivity contribution < 1.29 is 14.3 Å². The van der Waals surface area contributed by atoms with Crippen molar-refractivity contribution in [1.82, 2.24) is 9.66 Å². The van der Waals surface area contributed by atoms with Crippen LogP contribution in [0.25, 0.3) is 10.9 Å². The minimum atomic E-state index is -0.707. The van der Waals surface area contributed by atoms with Gasteiger partial charge in [0, 0.05) is 10.9 Å². The lowest BCUT2D eigenvalue weighted by molar-refractivity contribution is -0.150. The number of hydrogen-bond donors (Lipinski definition) is 0. The molecule has 0 bridgehead atoms. The van der Waals surface area contributed by atoms with Crippen molar-refractivity contribution in [2.24, 2.45) is 5.10 Å². The first-order chi connectivity index (χ1) is 15.3. The average molecular weight is 612 g/mol. The highest BCUT2D eigenvalue weighted by Gasteiger charge is 2.17. The Morgan fingerprint density at radius 3 is 2.75 bits per heavy atom. The van der Waals surface area contributed by atoms with E-state index in [1.54, 1.807) is 32.2 Å². The zero-order valence-electron chi connectivity index (χ0n) is 18.0. The minimum absolute atomic E-state index is 0.214. The van der Waals surface area contributed by atoms with Crippen molar-refractivity contribution in [2.45, 2.75) is 39.7 Å². The molecule has 168 valence electrons. The Morgan fingerprint density at radius 1 is 1.28 bits per heavy atom. The maximum absolute atomic E-state index is 13.1. The van der Waals surface area contributed by atoms with Gasteiger partial charge in [-0.1, -0.05) is 22.9 Å². The van der Waals surface area contributed by atoms with Gasteiger partial charge in [0.05, 0.1) is 27.3 Å². The highest BCUT2D eigenvalue weighted by molar-refractivity contribution is 14.1. The summed E-state index contributed by atoms with van der Waals surface area (Å²) in [5, 5.41) is 4.94. The molecule has 0 amide bonds. The molecule has 0 saturated heterocycles. The zero-order valence-corrected chi connectivity index (χ0v) is 21.7. The first kappa shape index (κ1) is 24.4. The van der Waals surface area contributed by atoms with Crippen LogP contribution < -0.4 is 10.3 Å². The third kappa shape index (κ3) is 5.74. The van der Waals surface area contributed by atoms with Crippen LogP contribution in [0.15, 0.2) is 50.8 Å². The summed E-state index contributed by atoms with van der Waals surface area (Å²) >= 11 is 5.54. The van der Waals surface area contributed by atoms with Gasteiger partial charge in [0.2, 0.25) is 0 Å². The first-order valence-electron chi connectivity index (χ1n) is 10.2. The Morgan fingerprint density at radius 2 is 2.06 bits per heavy atom. The number of carbonyl (C=O) groups excluding carboxylic acids is 1. The normalized spacial score (nSPS) is 12.3. The summed E-state index contributed by atoms with van der Waals surface area (Å²) in [5.41, 5.74) is 1.23. The quantitative estimate of drug-likeness (QED) is 0.205. The van der Waals surface area contributed by atoms with E-state index >= 15 is 0 Å². The highest BCUT2D eigenvalue weighted by Crippen LogP contribution is 2.23. The maximum atomic E-state index is 13.1. The van der Waals surface area contributed by atoms with Gasteiger partial charge in [-0.05, 0) is 84.8 Å². The van der Waals surface area contributed by atoms with Crippen LogP contribution in [-0.4, -0.2) is 34.6 Å². The van der Waals surface area contributed by atoms with E-state index in [4.69, 9.17) is 9.47 Å². The third-order valence-electron chi connectivity index (χ3n) is 4.55. The largest absolute Gasteiger partial charge is 0.478 e. The second kappa shape index (κ2) is 11.0. The van der Waals surface area contributed by atoms with E-state index in [1.165, 1.54) is 4.68 Å². The third-order valence-corrected chi connectivity index (χ3v) is 5.89. The number of fused-ring (bicyclic) bond motifs is 1. The molecule has 32 heavy (non-hydrogen) atoms. The molecule has 3 rings (SSSR count). The topological polar surface area (TPSA) is 82.8 Å². The molecule has 0 spiro atoms. The van der Waals surface area contributed by atoms with Gasteiger partial charge < -0.3 is 9.47 Å². The fraction of sp³-hybridized carbons (Fsp3) is 0.304. The summed E-state index contributed by atoms with van der Waals surface area (Å²) in [6.07, 6.45) is 2.38. The SMILES string of the molecule is CCCc1nc2ccc(Br)cc2c(=O)n1N=Cc1ccc(O[C@@H](C)C(=O)OCC)c(I)c1. The molecule has 1 aromatic heterocycles. The van der Waals surface area contributed by atoms with Gasteiger partial charge in [0.15, 0.2) is 6.10 Å². The predicted molar refractivity (Wildman–Crippen MR) is 137 cm³/mol. The number of nitrogens with zero attached hydrogens (tertiary/aromatic N) is 3. The molecule has 9 heteroatoms. The molecule has 0 fully saturated rings. The second-order valence-corrected chi connectivity index (χ2v) is 9.08. The van der Waals surface area contributed by atoms with Gasteiger partial charge in [-0.15, -0.1) is 0 Å². The maximum Gasteiger partial charge on any atom is 0.347 e. The standard InChI is InChI=1S/C23H23BrIN3O4/c1-4-6-21-27-19-9-8-16(24)12-17(19)22(29)28(21)26-13-15-7-10-20(18(25)11-15)32-14(3)23(30)31-5-2/h7-14H,4-6H2,1-3H3/t14-/m0/s1. The van der Waals surface area contributed by atoms with Crippen LogP contribution in [0.1, 0.15) is 38.6 Å². The Bertz CT molecular complexity index is 1230. The summed E-state index contributed by atoms with van der Waals surface area (Å²) in [4.78, 5) is 29.5. The smallest absolute Gasteiger partial charge is 0.347 e. The number of hydrogen-bond acceptors (Lipinski definition) is 6. The molecule has 0 saturated carbocycles. The van der Waals surface area contributed by atoms with Gasteiger partial charge in [-0.2, -0.15) is 9.78 Å². The second-order valence-electron chi connectivity index (χ2n) is 7.00. The first-order valence-corrected chi connectivity index (χ1v) is 12.1. The summed E-state index contributed by atoms with van der Waals surface area (Å²) in [6, 6.07) is 10.9. The molecule has 0 unspecified atom stereocenters. The van der Waals surface area contributed by atoms with E-state index in [-0.39, 0.29) is 5.56 Å². The Hall–Kier alpha value is -2.27. The fourth-order valence-electron chi connectivity index (χ4n) is 3.01. The van der Waals surface area contributed by atoms with E-state index < -0.39 is 12.1 Å². The Kier molecular flexibility index (Phi) is 8.41. The van der Waals surface area contributed by atoms with Crippen molar-refractivity contribution in [3.8, 4) is 5.75 Å². The molecule has 0 aliphatic rings. The van der Waals surface area contributed by atoms with E-state index in [1.807, 2.05) is 31.2 Å². The molecule has 0 N–H and O–H groups in total. The number of aromatic nitrogens is 2. The van der Waals surface area contributed by atoms with Crippen molar-refractivity contribution >= 4 is 61.6 Å². The van der Waals surface area contributed by atoms with Crippen LogP contribution >= 0.6 is 38.5 Å². The number of carbonyl (C=O) groups is 1. The van der Waals surface area contributed by atoms with Crippen molar-refractivity contribution in [1.29, 1.82) is 0 Å². The molecule has 1 atom stereocenters. The Labute approximate surface area is 208 Å². The molecule has 1 heterocycles. The lowest BCUT2D eigenvalue weighted by atomic mass is 10.2. The zero-order chi connectivity index (χ0) is 23.3. The van der Waals surface area contributed by atoms with E-state index in [0.29, 0.717) is 35.5 Å². The molecular weight excluding hydrogens is 589 g/mol. The average Bonchev–Trinajstić information content (AvgIpc) is 2.76. The highest BCUT2D eigenvalue weighted by atomic mass is 127. The Balaban J connectivity index is 1.91. The van der Waals surface area contributed by atoms with Gasteiger partial charge >= 0.3 is 5.97 Å². The molecule has 0 radical (unpaired) electrons. The monoisotopic (exact) mass is 611 g/mol. The summed E-state index contributed by atoms with van der Waals surface area (Å²) in [7, 11) is 0. The van der Waals surface area contributed by atoms with Crippen molar-refractivity contribution in [3.05, 3.63) is 66.2 Å². The van der Waals surface area contributed by atoms with Crippen LogP contribution in [0.3, 0.4) is 0 Å². The summed E-state index contributed by atoms with van der Waals surface area (Å²) in [5.74, 6) is 0.776. The number of ether oxygens (including phenoxy) is 2. The number of esters is 1. The van der Waals surface area contributed by atoms with Gasteiger partial charge in [0.1, 0.15) is 11.6 Å². The number of aryl methyl sites for hydroxylation is 1. The van der Waals surface area contributed by atoms with Crippen LogP contribution in [0.4, 0.5) is 0 Å². The lowest BCUT2D eigenvalue weighted by Gasteiger charge is -2.14. The summed E-state index contributed by atoms with van der Waals surface area (Å²) in [6.45, 7) is 5.74. The van der Waals surface area contributed by atoms with Gasteiger partial charge in [-0.3, -0.25) is 4.79 Å². The fourth-order valence-corrected chi connectivity index (χ4v) is 4.04. The van der Waals surface area contributed by atoms with E-state index in [9.17, 15) is 9.59 Å². The molecule has 0 aliphatic carbocycles. The molecule has 2 aromatic carbocycles. The van der Waals surface area contributed by atoms with Gasteiger partial charge in [0.25, 0.3) is 5.56 Å². The molecule has 3 aromatic rings. The van der Waals surface area contributed by atoms with Gasteiger partial charge in [-0.25, -0.2) is 9.78 Å². The van der Waals surface area contributed by atoms with Crippen molar-refractivity contribution in [3.63, 3.8) is 0 Å². The van der Waals surface area contributed by atoms with Crippen LogP contribution in [-0.2, 0) is 16.0 Å². The molecular formula is C23H23BrIN3O4. The number of rotatable bonds is 8. The van der Waals surface area contributed by atoms with Crippen LogP contribution in [0.5, 0.6) is 5.75 Å². The van der Waals surface area contributed by atoms with E-state index in [2.05, 4.69) is 48.6 Å². The van der Waals surface area contributed by atoms with E-state index in [0.717, 1.165) is 20.0 Å². The molecule has 0 aliphatic heterocycles. The number of benzene rings is 2. The van der Waals surface area contributed by atoms with Crippen LogP contribution in [0, 0.1) is 3.57 Å². The lowest BCUT2D eigenvalue weighted by Crippen LogP contribution is -2.26.